The van der Waals surface area contributed by atoms with Gasteiger partial charge in [-0.2, -0.15) is 0 Å². The Balaban J connectivity index is 1.42. The number of nitrogens with zero attached hydrogens (tertiary/aromatic N) is 2. The summed E-state index contributed by atoms with van der Waals surface area (Å²) in [5.74, 6) is 0.181. The molecule has 0 saturated heterocycles. The maximum atomic E-state index is 14.0. The van der Waals surface area contributed by atoms with Crippen LogP contribution in [0.1, 0.15) is 59.5 Å². The number of hydrogen-bond acceptors (Lipinski definition) is 6. The van der Waals surface area contributed by atoms with Gasteiger partial charge in [-0.1, -0.05) is 45.0 Å². The van der Waals surface area contributed by atoms with E-state index in [0.29, 0.717) is 45.4 Å². The highest BCUT2D eigenvalue weighted by Gasteiger charge is 2.34. The summed E-state index contributed by atoms with van der Waals surface area (Å²) in [7, 11) is 0. The molecule has 38 heavy (non-hydrogen) atoms. The normalized spacial score (nSPS) is 12.4. The van der Waals surface area contributed by atoms with Gasteiger partial charge in [-0.25, -0.2) is 0 Å². The van der Waals surface area contributed by atoms with Crippen molar-refractivity contribution in [2.45, 2.75) is 66.2 Å². The summed E-state index contributed by atoms with van der Waals surface area (Å²) in [4.78, 5) is 36.1. The van der Waals surface area contributed by atoms with E-state index in [0.717, 1.165) is 0 Å². The third-order valence-corrected chi connectivity index (χ3v) is 10.0. The van der Waals surface area contributed by atoms with E-state index in [-0.39, 0.29) is 23.1 Å². The summed E-state index contributed by atoms with van der Waals surface area (Å²) in [6, 6.07) is 16.5. The van der Waals surface area contributed by atoms with Crippen molar-refractivity contribution in [3.05, 3.63) is 89.6 Å². The van der Waals surface area contributed by atoms with E-state index in [1.807, 2.05) is 34.1 Å². The monoisotopic (exact) mass is 584 g/mol. The van der Waals surface area contributed by atoms with Crippen LogP contribution in [0.15, 0.2) is 70.1 Å². The molecule has 0 spiro atoms. The number of rotatable bonds is 13. The molecule has 0 saturated carbocycles. The van der Waals surface area contributed by atoms with Gasteiger partial charge in [0, 0.05) is 31.8 Å². The van der Waals surface area contributed by atoms with Crippen LogP contribution in [-0.2, 0) is 35.8 Å². The molecule has 4 rings (SSSR count). The number of carbonyl (C=O) groups excluding carboxylic acids is 2. The minimum absolute atomic E-state index is 0.154. The Morgan fingerprint density at radius 2 is 1.08 bits per heavy atom. The third kappa shape index (κ3) is 8.37. The molecule has 4 aromatic rings. The highest BCUT2D eigenvalue weighted by Crippen LogP contribution is 2.34. The molecule has 1 unspecified atom stereocenters. The molecule has 0 N–H and O–H groups in total. The van der Waals surface area contributed by atoms with E-state index in [2.05, 4.69) is 66.6 Å². The van der Waals surface area contributed by atoms with Crippen LogP contribution < -0.4 is 0 Å². The minimum Gasteiger partial charge on any atom is -0.332 e. The minimum atomic E-state index is -0.198. The van der Waals surface area contributed by atoms with Crippen LogP contribution in [0.25, 0.3) is 0 Å². The Morgan fingerprint density at radius 3 is 1.42 bits per heavy atom. The Hall–Kier alpha value is -2.26. The lowest BCUT2D eigenvalue weighted by Gasteiger charge is -2.34. The topological polar surface area (TPSA) is 40.6 Å². The first kappa shape index (κ1) is 28.7. The van der Waals surface area contributed by atoms with Gasteiger partial charge in [0.1, 0.15) is 0 Å². The molecule has 1 atom stereocenters. The van der Waals surface area contributed by atoms with Gasteiger partial charge in [0.15, 0.2) is 0 Å². The van der Waals surface area contributed by atoms with Crippen molar-refractivity contribution in [3.8, 4) is 0 Å². The van der Waals surface area contributed by atoms with Crippen molar-refractivity contribution in [1.82, 2.24) is 9.80 Å². The van der Waals surface area contributed by atoms with E-state index in [1.165, 1.54) is 19.5 Å². The molecule has 4 heterocycles. The van der Waals surface area contributed by atoms with Crippen molar-refractivity contribution in [2.75, 3.05) is 0 Å². The van der Waals surface area contributed by atoms with Crippen molar-refractivity contribution in [1.29, 1.82) is 0 Å². The second kappa shape index (κ2) is 13.7. The van der Waals surface area contributed by atoms with Crippen molar-refractivity contribution in [3.63, 3.8) is 0 Å². The zero-order valence-corrected chi connectivity index (χ0v) is 25.6. The van der Waals surface area contributed by atoms with E-state index in [9.17, 15) is 9.59 Å². The summed E-state index contributed by atoms with van der Waals surface area (Å²) >= 11 is 6.75. The van der Waals surface area contributed by atoms with E-state index < -0.39 is 0 Å². The molecule has 4 aromatic heterocycles. The van der Waals surface area contributed by atoms with Crippen LogP contribution in [0, 0.1) is 11.3 Å². The summed E-state index contributed by atoms with van der Waals surface area (Å²) in [5.41, 5.74) is -0.198. The molecule has 4 nitrogen and oxygen atoms in total. The molecule has 0 bridgehead atoms. The number of thiophene rings is 4. The quantitative estimate of drug-likeness (QED) is 0.158. The molecule has 0 aliphatic rings. The molecule has 0 aliphatic carbocycles. The predicted molar refractivity (Wildman–Crippen MR) is 163 cm³/mol. The SMILES string of the molecule is CC(C)(C)C(CCCC(=O)N(Cc1cccs1)Cc1cccs1)C(=O)N(Cc1cccs1)Cc1cccs1. The maximum Gasteiger partial charge on any atom is 0.226 e. The molecule has 0 radical (unpaired) electrons. The van der Waals surface area contributed by atoms with Gasteiger partial charge in [0.2, 0.25) is 11.8 Å². The molecule has 2 amide bonds. The average molecular weight is 585 g/mol. The lowest BCUT2D eigenvalue weighted by molar-refractivity contribution is -0.141. The first-order valence-electron chi connectivity index (χ1n) is 13.0. The first-order chi connectivity index (χ1) is 18.3. The first-order valence-corrected chi connectivity index (χ1v) is 16.5. The van der Waals surface area contributed by atoms with Crippen molar-refractivity contribution < 1.29 is 9.59 Å². The van der Waals surface area contributed by atoms with Gasteiger partial charge in [-0.3, -0.25) is 9.59 Å². The standard InChI is InChI=1S/C30H36N2O2S4/c1-30(2,3)27(29(34)32(21-25-11-7-17-37-25)22-26-12-8-18-38-26)13-4-14-28(33)31(19-23-9-5-15-35-23)20-24-10-6-16-36-24/h5-12,15-18,27H,4,13-14,19-22H2,1-3H3. The average Bonchev–Trinajstić information content (AvgIpc) is 3.68. The highest BCUT2D eigenvalue weighted by molar-refractivity contribution is 7.10. The summed E-state index contributed by atoms with van der Waals surface area (Å²) in [5, 5.41) is 8.24. The van der Waals surface area contributed by atoms with Gasteiger partial charge in [0.25, 0.3) is 0 Å². The largest absolute Gasteiger partial charge is 0.332 e. The van der Waals surface area contributed by atoms with E-state index in [4.69, 9.17) is 0 Å². The molecule has 8 heteroatoms. The molecule has 202 valence electrons. The Bertz CT molecular complexity index is 1150. The number of hydrogen-bond donors (Lipinski definition) is 0. The van der Waals surface area contributed by atoms with Crippen LogP contribution in [0.2, 0.25) is 0 Å². The molecule has 0 aliphatic heterocycles. The van der Waals surface area contributed by atoms with E-state index in [1.54, 1.807) is 45.3 Å². The summed E-state index contributed by atoms with van der Waals surface area (Å²) in [6.07, 6.45) is 1.85. The predicted octanol–water partition coefficient (Wildman–Crippen LogP) is 8.52. The molecule has 0 fully saturated rings. The van der Waals surface area contributed by atoms with Crippen LogP contribution in [-0.4, -0.2) is 21.6 Å². The third-order valence-electron chi connectivity index (χ3n) is 6.60. The van der Waals surface area contributed by atoms with Gasteiger partial charge >= 0.3 is 0 Å². The van der Waals surface area contributed by atoms with Crippen LogP contribution in [0.3, 0.4) is 0 Å². The fraction of sp³-hybridized carbons (Fsp3) is 0.400. The van der Waals surface area contributed by atoms with Crippen LogP contribution in [0.4, 0.5) is 0 Å². The smallest absolute Gasteiger partial charge is 0.226 e. The van der Waals surface area contributed by atoms with Gasteiger partial charge in [0.05, 0.1) is 26.2 Å². The van der Waals surface area contributed by atoms with Gasteiger partial charge in [-0.05, 0) is 64.0 Å². The molecule has 0 aromatic carbocycles. The van der Waals surface area contributed by atoms with Gasteiger partial charge < -0.3 is 9.80 Å². The summed E-state index contributed by atoms with van der Waals surface area (Å²) < 4.78 is 0. The highest BCUT2D eigenvalue weighted by atomic mass is 32.1. The second-order valence-electron chi connectivity index (χ2n) is 10.6. The maximum absolute atomic E-state index is 14.0. The van der Waals surface area contributed by atoms with Crippen LogP contribution >= 0.6 is 45.3 Å². The lowest BCUT2D eigenvalue weighted by Crippen LogP contribution is -2.40. The molecular weight excluding hydrogens is 549 g/mol. The Morgan fingerprint density at radius 1 is 0.684 bits per heavy atom. The summed E-state index contributed by atoms with van der Waals surface area (Å²) in [6.45, 7) is 8.94. The number of carbonyl (C=O) groups is 2. The van der Waals surface area contributed by atoms with Crippen LogP contribution in [0.5, 0.6) is 0 Å². The fourth-order valence-electron chi connectivity index (χ4n) is 4.57. The zero-order valence-electron chi connectivity index (χ0n) is 22.3. The molecular formula is C30H36N2O2S4. The Labute approximate surface area is 242 Å². The van der Waals surface area contributed by atoms with E-state index >= 15 is 0 Å². The fourth-order valence-corrected chi connectivity index (χ4v) is 7.45. The zero-order chi connectivity index (χ0) is 27.0. The lowest BCUT2D eigenvalue weighted by atomic mass is 9.77. The van der Waals surface area contributed by atoms with Gasteiger partial charge in [-0.15, -0.1) is 45.3 Å². The number of amides is 2. The Kier molecular flexibility index (Phi) is 10.4. The van der Waals surface area contributed by atoms with Crippen molar-refractivity contribution in [2.24, 2.45) is 11.3 Å². The van der Waals surface area contributed by atoms with Crippen molar-refractivity contribution >= 4 is 57.2 Å². The second-order valence-corrected chi connectivity index (χ2v) is 14.7.